The highest BCUT2D eigenvalue weighted by Crippen LogP contribution is 2.20. The predicted octanol–water partition coefficient (Wildman–Crippen LogP) is 1.88. The minimum absolute atomic E-state index is 0.00385. The molecule has 0 aliphatic carbocycles. The van der Waals surface area contributed by atoms with Crippen LogP contribution in [0.5, 0.6) is 5.75 Å². The van der Waals surface area contributed by atoms with Gasteiger partial charge in [-0.2, -0.15) is 0 Å². The fourth-order valence-corrected chi connectivity index (χ4v) is 2.76. The molecule has 1 saturated heterocycles. The summed E-state index contributed by atoms with van der Waals surface area (Å²) in [6, 6.07) is 7.06. The molecule has 1 unspecified atom stereocenters. The van der Waals surface area contributed by atoms with Gasteiger partial charge in [0.2, 0.25) is 0 Å². The fraction of sp³-hybridized carbons (Fsp3) is 0.444. The fourth-order valence-electron chi connectivity index (χ4n) is 2.76. The summed E-state index contributed by atoms with van der Waals surface area (Å²) >= 11 is 0. The Labute approximate surface area is 141 Å². The van der Waals surface area contributed by atoms with Gasteiger partial charge in [-0.1, -0.05) is 12.1 Å². The van der Waals surface area contributed by atoms with Crippen molar-refractivity contribution >= 4 is 12.1 Å². The van der Waals surface area contributed by atoms with E-state index >= 15 is 0 Å². The summed E-state index contributed by atoms with van der Waals surface area (Å²) in [7, 11) is 0. The van der Waals surface area contributed by atoms with Gasteiger partial charge in [-0.15, -0.1) is 0 Å². The third kappa shape index (κ3) is 4.35. The van der Waals surface area contributed by atoms with Crippen molar-refractivity contribution in [3.63, 3.8) is 0 Å². The van der Waals surface area contributed by atoms with Crippen molar-refractivity contribution in [1.82, 2.24) is 4.90 Å². The lowest BCUT2D eigenvalue weighted by Gasteiger charge is -2.19. The number of carbonyl (C=O) groups excluding carboxylic acids is 1. The number of amides is 1. The van der Waals surface area contributed by atoms with Crippen molar-refractivity contribution in [3.8, 4) is 5.75 Å². The second kappa shape index (κ2) is 7.97. The Balaban J connectivity index is 1.44. The Bertz CT molecular complexity index is 624. The lowest BCUT2D eigenvalue weighted by Crippen LogP contribution is -2.34. The molecular formula is C18H22N2O4. The molecule has 0 bridgehead atoms. The summed E-state index contributed by atoms with van der Waals surface area (Å²) in [5.41, 5.74) is 0.814. The molecule has 2 heterocycles. The molecule has 0 radical (unpaired) electrons. The van der Waals surface area contributed by atoms with E-state index in [1.807, 2.05) is 6.21 Å². The lowest BCUT2D eigenvalue weighted by atomic mass is 10.2. The van der Waals surface area contributed by atoms with Gasteiger partial charge in [0.15, 0.2) is 6.61 Å². The SMILES string of the molecule is O=C(COc1ccc(CO)cc1)N1CCC(OC2=CN=CCC2)C1. The number of hydrogen-bond acceptors (Lipinski definition) is 5. The number of hydrogen-bond donors (Lipinski definition) is 1. The molecule has 1 aromatic rings. The van der Waals surface area contributed by atoms with E-state index < -0.39 is 0 Å². The molecule has 6 heteroatoms. The molecule has 1 amide bonds. The molecule has 0 aromatic heterocycles. The minimum atomic E-state index is -0.0389. The minimum Gasteiger partial charge on any atom is -0.491 e. The van der Waals surface area contributed by atoms with Crippen LogP contribution in [-0.2, 0) is 16.1 Å². The third-order valence-corrected chi connectivity index (χ3v) is 4.13. The van der Waals surface area contributed by atoms with Crippen LogP contribution in [0.3, 0.4) is 0 Å². The van der Waals surface area contributed by atoms with Crippen molar-refractivity contribution in [2.24, 2.45) is 4.99 Å². The first-order valence-electron chi connectivity index (χ1n) is 8.22. The highest BCUT2D eigenvalue weighted by atomic mass is 16.5. The summed E-state index contributed by atoms with van der Waals surface area (Å²) < 4.78 is 11.4. The van der Waals surface area contributed by atoms with E-state index in [0.717, 1.165) is 30.6 Å². The van der Waals surface area contributed by atoms with Crippen molar-refractivity contribution in [2.45, 2.75) is 32.0 Å². The molecule has 2 aliphatic heterocycles. The maximum atomic E-state index is 12.2. The molecule has 6 nitrogen and oxygen atoms in total. The van der Waals surface area contributed by atoms with Crippen LogP contribution < -0.4 is 4.74 Å². The van der Waals surface area contributed by atoms with Crippen LogP contribution >= 0.6 is 0 Å². The Morgan fingerprint density at radius 1 is 1.33 bits per heavy atom. The van der Waals surface area contributed by atoms with Crippen LogP contribution in [0.25, 0.3) is 0 Å². The lowest BCUT2D eigenvalue weighted by molar-refractivity contribution is -0.132. The summed E-state index contributed by atoms with van der Waals surface area (Å²) in [5, 5.41) is 9.01. The maximum absolute atomic E-state index is 12.2. The van der Waals surface area contributed by atoms with Gasteiger partial charge in [0.05, 0.1) is 19.4 Å². The Morgan fingerprint density at radius 3 is 2.88 bits per heavy atom. The summed E-state index contributed by atoms with van der Waals surface area (Å²) in [5.74, 6) is 1.48. The molecule has 1 aromatic carbocycles. The van der Waals surface area contributed by atoms with Gasteiger partial charge in [-0.3, -0.25) is 9.79 Å². The van der Waals surface area contributed by atoms with Gasteiger partial charge >= 0.3 is 0 Å². The Hall–Kier alpha value is -2.34. The van der Waals surface area contributed by atoms with E-state index in [0.29, 0.717) is 18.8 Å². The largest absolute Gasteiger partial charge is 0.491 e. The first-order valence-corrected chi connectivity index (χ1v) is 8.22. The molecule has 0 spiro atoms. The maximum Gasteiger partial charge on any atom is 0.260 e. The third-order valence-electron chi connectivity index (χ3n) is 4.13. The molecule has 24 heavy (non-hydrogen) atoms. The molecule has 1 N–H and O–H groups in total. The molecule has 1 atom stereocenters. The topological polar surface area (TPSA) is 71.4 Å². The molecule has 1 fully saturated rings. The molecule has 2 aliphatic rings. The molecule has 128 valence electrons. The van der Waals surface area contributed by atoms with E-state index in [-0.39, 0.29) is 25.2 Å². The smallest absolute Gasteiger partial charge is 0.260 e. The number of aliphatic imine (C=N–C) groups is 1. The Morgan fingerprint density at radius 2 is 2.17 bits per heavy atom. The van der Waals surface area contributed by atoms with Crippen LogP contribution in [0, 0.1) is 0 Å². The second-order valence-corrected chi connectivity index (χ2v) is 5.92. The molecule has 3 rings (SSSR count). The number of likely N-dealkylation sites (tertiary alicyclic amines) is 1. The second-order valence-electron chi connectivity index (χ2n) is 5.92. The van der Waals surface area contributed by atoms with E-state index in [4.69, 9.17) is 14.6 Å². The predicted molar refractivity (Wildman–Crippen MR) is 89.7 cm³/mol. The van der Waals surface area contributed by atoms with Gasteiger partial charge < -0.3 is 19.5 Å². The number of aliphatic hydroxyl groups excluding tert-OH is 1. The monoisotopic (exact) mass is 330 g/mol. The van der Waals surface area contributed by atoms with Crippen LogP contribution in [0.1, 0.15) is 24.8 Å². The first-order chi connectivity index (χ1) is 11.7. The molecule has 0 saturated carbocycles. The highest BCUT2D eigenvalue weighted by molar-refractivity contribution is 5.78. The quantitative estimate of drug-likeness (QED) is 0.864. The van der Waals surface area contributed by atoms with E-state index in [1.54, 1.807) is 35.4 Å². The zero-order chi connectivity index (χ0) is 16.8. The molecular weight excluding hydrogens is 308 g/mol. The standard InChI is InChI=1S/C18H22N2O4/c21-12-14-3-5-15(6-4-14)23-13-18(22)20-9-7-17(11-20)24-16-2-1-8-19-10-16/h3-6,8,10,17,21H,1-2,7,9,11-13H2. The highest BCUT2D eigenvalue weighted by Gasteiger charge is 2.28. The van der Waals surface area contributed by atoms with Gasteiger partial charge in [0.1, 0.15) is 17.6 Å². The van der Waals surface area contributed by atoms with E-state index in [2.05, 4.69) is 4.99 Å². The van der Waals surface area contributed by atoms with Gasteiger partial charge in [0, 0.05) is 25.6 Å². The summed E-state index contributed by atoms with van der Waals surface area (Å²) in [6.45, 7) is 1.29. The van der Waals surface area contributed by atoms with Crippen molar-refractivity contribution in [3.05, 3.63) is 41.8 Å². The number of carbonyl (C=O) groups is 1. The van der Waals surface area contributed by atoms with Crippen LogP contribution in [-0.4, -0.2) is 47.9 Å². The van der Waals surface area contributed by atoms with Crippen molar-refractivity contribution in [2.75, 3.05) is 19.7 Å². The number of benzene rings is 1. The number of allylic oxidation sites excluding steroid dienone is 1. The van der Waals surface area contributed by atoms with Gasteiger partial charge in [-0.25, -0.2) is 0 Å². The number of aliphatic hydroxyl groups is 1. The zero-order valence-corrected chi connectivity index (χ0v) is 13.6. The van der Waals surface area contributed by atoms with Crippen LogP contribution in [0.4, 0.5) is 0 Å². The number of ether oxygens (including phenoxy) is 2. The normalized spacial score (nSPS) is 20.0. The number of nitrogens with zero attached hydrogens (tertiary/aromatic N) is 2. The first kappa shape index (κ1) is 16.5. The average Bonchev–Trinajstić information content (AvgIpc) is 3.09. The van der Waals surface area contributed by atoms with Crippen LogP contribution in [0.15, 0.2) is 41.2 Å². The Kier molecular flexibility index (Phi) is 5.48. The van der Waals surface area contributed by atoms with Crippen LogP contribution in [0.2, 0.25) is 0 Å². The van der Waals surface area contributed by atoms with Crippen molar-refractivity contribution < 1.29 is 19.4 Å². The number of rotatable bonds is 6. The van der Waals surface area contributed by atoms with E-state index in [1.165, 1.54) is 0 Å². The summed E-state index contributed by atoms with van der Waals surface area (Å²) in [4.78, 5) is 18.1. The van der Waals surface area contributed by atoms with Gasteiger partial charge in [-0.05, 0) is 24.1 Å². The van der Waals surface area contributed by atoms with Gasteiger partial charge in [0.25, 0.3) is 5.91 Å². The zero-order valence-electron chi connectivity index (χ0n) is 13.6. The summed E-state index contributed by atoms with van der Waals surface area (Å²) in [6.07, 6.45) is 6.29. The average molecular weight is 330 g/mol. The van der Waals surface area contributed by atoms with Crippen molar-refractivity contribution in [1.29, 1.82) is 0 Å². The van der Waals surface area contributed by atoms with E-state index in [9.17, 15) is 4.79 Å².